The number of aliphatic imine (C=N–C) groups is 1. The van der Waals surface area contributed by atoms with E-state index < -0.39 is 0 Å². The van der Waals surface area contributed by atoms with E-state index in [1.807, 2.05) is 33.3 Å². The molecule has 1 aromatic heterocycles. The van der Waals surface area contributed by atoms with Gasteiger partial charge in [0.2, 0.25) is 0 Å². The molecule has 0 saturated carbocycles. The molecular weight excluding hydrogens is 448 g/mol. The van der Waals surface area contributed by atoms with Gasteiger partial charge in [0.15, 0.2) is 17.5 Å². The molecule has 2 N–H and O–H groups in total. The molecule has 26 heavy (non-hydrogen) atoms. The molecule has 1 heterocycles. The van der Waals surface area contributed by atoms with Crippen molar-refractivity contribution in [2.45, 2.75) is 26.4 Å². The van der Waals surface area contributed by atoms with Gasteiger partial charge in [-0.05, 0) is 38.0 Å². The minimum atomic E-state index is -0.361. The maximum atomic E-state index is 13.6. The van der Waals surface area contributed by atoms with Crippen LogP contribution >= 0.6 is 24.0 Å². The van der Waals surface area contributed by atoms with Crippen molar-refractivity contribution >= 4 is 29.9 Å². The number of nitrogens with zero attached hydrogens (tertiary/aromatic N) is 3. The Morgan fingerprint density at radius 1 is 1.35 bits per heavy atom. The number of aromatic nitrogens is 2. The Balaban J connectivity index is 0.00000338. The van der Waals surface area contributed by atoms with E-state index in [1.165, 1.54) is 11.6 Å². The molecule has 0 bridgehead atoms. The van der Waals surface area contributed by atoms with Gasteiger partial charge < -0.3 is 15.4 Å². The van der Waals surface area contributed by atoms with Crippen LogP contribution in [0.4, 0.5) is 4.39 Å². The molecule has 0 aliphatic rings. The van der Waals surface area contributed by atoms with Crippen molar-refractivity contribution in [1.82, 2.24) is 20.4 Å². The summed E-state index contributed by atoms with van der Waals surface area (Å²) in [6, 6.07) is 6.39. The van der Waals surface area contributed by atoms with Gasteiger partial charge in [-0.1, -0.05) is 12.1 Å². The van der Waals surface area contributed by atoms with Crippen LogP contribution in [0.15, 0.2) is 41.7 Å². The first-order valence-corrected chi connectivity index (χ1v) is 8.49. The summed E-state index contributed by atoms with van der Waals surface area (Å²) in [6.45, 7) is 5.82. The molecule has 1 unspecified atom stereocenters. The highest BCUT2D eigenvalue weighted by Gasteiger charge is 2.08. The zero-order chi connectivity index (χ0) is 18.1. The molecular formula is C18H27FIN5O. The van der Waals surface area contributed by atoms with Crippen LogP contribution in [-0.4, -0.2) is 41.5 Å². The summed E-state index contributed by atoms with van der Waals surface area (Å²) in [4.78, 5) is 4.50. The number of halogens is 2. The fraction of sp³-hybridized carbons (Fsp3) is 0.444. The summed E-state index contributed by atoms with van der Waals surface area (Å²) in [5, 5.41) is 10.6. The minimum absolute atomic E-state index is 0. The molecule has 2 rings (SSSR count). The Morgan fingerprint density at radius 2 is 2.12 bits per heavy atom. The molecule has 0 aliphatic heterocycles. The van der Waals surface area contributed by atoms with Crippen LogP contribution in [0.3, 0.4) is 0 Å². The standard InChI is InChI=1S/C18H26FN5O.HI/c1-4-20-18(21-10-9-15-12-23-24(3)13-15)22-11-14(2)25-17-8-6-5-7-16(17)19;/h5-8,12-14H,4,9-11H2,1-3H3,(H2,20,21,22);1H. The van der Waals surface area contributed by atoms with E-state index in [1.54, 1.807) is 22.9 Å². The lowest BCUT2D eigenvalue weighted by molar-refractivity contribution is 0.220. The average Bonchev–Trinajstić information content (AvgIpc) is 3.00. The van der Waals surface area contributed by atoms with Crippen molar-refractivity contribution in [1.29, 1.82) is 0 Å². The molecule has 144 valence electrons. The summed E-state index contributed by atoms with van der Waals surface area (Å²) >= 11 is 0. The number of nitrogens with one attached hydrogen (secondary N) is 2. The topological polar surface area (TPSA) is 63.5 Å². The molecule has 1 atom stereocenters. The molecule has 6 nitrogen and oxygen atoms in total. The van der Waals surface area contributed by atoms with Crippen molar-refractivity contribution < 1.29 is 9.13 Å². The first-order chi connectivity index (χ1) is 12.1. The summed E-state index contributed by atoms with van der Waals surface area (Å²) in [5.74, 6) is 0.606. The lowest BCUT2D eigenvalue weighted by Crippen LogP contribution is -2.39. The van der Waals surface area contributed by atoms with Gasteiger partial charge in [-0.15, -0.1) is 24.0 Å². The second kappa shape index (κ2) is 11.7. The van der Waals surface area contributed by atoms with E-state index >= 15 is 0 Å². The van der Waals surface area contributed by atoms with Crippen LogP contribution < -0.4 is 15.4 Å². The van der Waals surface area contributed by atoms with Crippen molar-refractivity contribution in [3.63, 3.8) is 0 Å². The number of rotatable bonds is 8. The maximum Gasteiger partial charge on any atom is 0.191 e. The van der Waals surface area contributed by atoms with E-state index in [9.17, 15) is 4.39 Å². The Hall–Kier alpha value is -1.84. The average molecular weight is 475 g/mol. The summed E-state index contributed by atoms with van der Waals surface area (Å²) in [6.07, 6.45) is 4.48. The minimum Gasteiger partial charge on any atom is -0.486 e. The number of benzene rings is 1. The first kappa shape index (κ1) is 22.2. The highest BCUT2D eigenvalue weighted by Crippen LogP contribution is 2.16. The van der Waals surface area contributed by atoms with E-state index in [0.29, 0.717) is 6.54 Å². The van der Waals surface area contributed by atoms with E-state index in [2.05, 4.69) is 20.7 Å². The Morgan fingerprint density at radius 3 is 2.77 bits per heavy atom. The van der Waals surface area contributed by atoms with Crippen LogP contribution in [0.2, 0.25) is 0 Å². The molecule has 0 aliphatic carbocycles. The predicted octanol–water partition coefficient (Wildman–Crippen LogP) is 2.74. The smallest absolute Gasteiger partial charge is 0.191 e. The van der Waals surface area contributed by atoms with Crippen LogP contribution in [0.1, 0.15) is 19.4 Å². The van der Waals surface area contributed by atoms with E-state index in [4.69, 9.17) is 4.74 Å². The number of hydrogen-bond donors (Lipinski definition) is 2. The van der Waals surface area contributed by atoms with Gasteiger partial charge in [0.1, 0.15) is 6.10 Å². The molecule has 0 saturated heterocycles. The normalized spacial score (nSPS) is 12.2. The Bertz CT molecular complexity index is 692. The van der Waals surface area contributed by atoms with Crippen molar-refractivity contribution in [2.24, 2.45) is 12.0 Å². The largest absolute Gasteiger partial charge is 0.486 e. The van der Waals surface area contributed by atoms with Gasteiger partial charge in [-0.2, -0.15) is 5.10 Å². The van der Waals surface area contributed by atoms with Gasteiger partial charge in [0.05, 0.1) is 12.7 Å². The van der Waals surface area contributed by atoms with Gasteiger partial charge in [0.25, 0.3) is 0 Å². The first-order valence-electron chi connectivity index (χ1n) is 8.49. The third kappa shape index (κ3) is 7.59. The maximum absolute atomic E-state index is 13.6. The lowest BCUT2D eigenvalue weighted by atomic mass is 10.2. The summed E-state index contributed by atoms with van der Waals surface area (Å²) in [7, 11) is 1.90. The summed E-state index contributed by atoms with van der Waals surface area (Å²) < 4.78 is 21.0. The molecule has 2 aromatic rings. The molecule has 0 fully saturated rings. The predicted molar refractivity (Wildman–Crippen MR) is 113 cm³/mol. The zero-order valence-electron chi connectivity index (χ0n) is 15.4. The van der Waals surface area contributed by atoms with Crippen LogP contribution in [0.5, 0.6) is 5.75 Å². The number of ether oxygens (including phenoxy) is 1. The van der Waals surface area contributed by atoms with Gasteiger partial charge in [0, 0.05) is 26.3 Å². The fourth-order valence-electron chi connectivity index (χ4n) is 2.28. The molecule has 8 heteroatoms. The number of aryl methyl sites for hydroxylation is 1. The second-order valence-corrected chi connectivity index (χ2v) is 5.78. The van der Waals surface area contributed by atoms with Gasteiger partial charge >= 0.3 is 0 Å². The zero-order valence-corrected chi connectivity index (χ0v) is 17.7. The van der Waals surface area contributed by atoms with Crippen molar-refractivity contribution in [3.05, 3.63) is 48.0 Å². The fourth-order valence-corrected chi connectivity index (χ4v) is 2.28. The van der Waals surface area contributed by atoms with Crippen LogP contribution in [-0.2, 0) is 13.5 Å². The second-order valence-electron chi connectivity index (χ2n) is 5.78. The van der Waals surface area contributed by atoms with Crippen LogP contribution in [0, 0.1) is 5.82 Å². The third-order valence-electron chi connectivity index (χ3n) is 3.48. The monoisotopic (exact) mass is 475 g/mol. The van der Waals surface area contributed by atoms with Gasteiger partial charge in [-0.3, -0.25) is 4.68 Å². The van der Waals surface area contributed by atoms with Crippen LogP contribution in [0.25, 0.3) is 0 Å². The van der Waals surface area contributed by atoms with Crippen molar-refractivity contribution in [3.8, 4) is 5.75 Å². The molecule has 0 amide bonds. The Kier molecular flexibility index (Phi) is 10.0. The van der Waals surface area contributed by atoms with E-state index in [-0.39, 0.29) is 41.6 Å². The van der Waals surface area contributed by atoms with E-state index in [0.717, 1.165) is 25.5 Å². The third-order valence-corrected chi connectivity index (χ3v) is 3.48. The Labute approximate surface area is 171 Å². The molecule has 1 aromatic carbocycles. The molecule has 0 radical (unpaired) electrons. The van der Waals surface area contributed by atoms with Gasteiger partial charge in [-0.25, -0.2) is 9.38 Å². The van der Waals surface area contributed by atoms with Crippen molar-refractivity contribution in [2.75, 3.05) is 19.6 Å². The molecule has 0 spiro atoms. The number of hydrogen-bond acceptors (Lipinski definition) is 3. The lowest BCUT2D eigenvalue weighted by Gasteiger charge is -2.15. The number of para-hydroxylation sites is 1. The summed E-state index contributed by atoms with van der Waals surface area (Å²) in [5.41, 5.74) is 1.17. The highest BCUT2D eigenvalue weighted by atomic mass is 127. The number of guanidine groups is 1. The highest BCUT2D eigenvalue weighted by molar-refractivity contribution is 14.0. The quantitative estimate of drug-likeness (QED) is 0.350. The SMILES string of the molecule is CCNC(=NCC(C)Oc1ccccc1F)NCCc1cnn(C)c1.I.